The number of anilines is 1. The highest BCUT2D eigenvalue weighted by Crippen LogP contribution is 2.29. The van der Waals surface area contributed by atoms with Crippen LogP contribution in [0.5, 0.6) is 0 Å². The molecular weight excluding hydrogens is 368 g/mol. The first-order valence-corrected chi connectivity index (χ1v) is 8.46. The molecule has 0 radical (unpaired) electrons. The Morgan fingerprint density at radius 1 is 1.11 bits per heavy atom. The molecule has 0 N–H and O–H groups in total. The van der Waals surface area contributed by atoms with E-state index in [1.54, 1.807) is 0 Å². The van der Waals surface area contributed by atoms with Crippen molar-refractivity contribution in [3.05, 3.63) is 34.9 Å². The third kappa shape index (κ3) is 3.69. The van der Waals surface area contributed by atoms with Crippen molar-refractivity contribution in [1.29, 1.82) is 0 Å². The van der Waals surface area contributed by atoms with Gasteiger partial charge < -0.3 is 4.90 Å². The van der Waals surface area contributed by atoms with Crippen molar-refractivity contribution >= 4 is 48.5 Å². The maximum atomic E-state index is 4.54. The molecule has 1 aromatic carbocycles. The lowest BCUT2D eigenvalue weighted by Crippen LogP contribution is -2.19. The number of hydrogen-bond donors (Lipinski definition) is 0. The van der Waals surface area contributed by atoms with Gasteiger partial charge in [-0.3, -0.25) is 0 Å². The van der Waals surface area contributed by atoms with Crippen molar-refractivity contribution in [3.63, 3.8) is 0 Å². The Balaban J connectivity index is 2.17. The van der Waals surface area contributed by atoms with E-state index in [1.165, 1.54) is 30.0 Å². The quantitative estimate of drug-likeness (QED) is 0.513. The average molecular weight is 386 g/mol. The highest BCUT2D eigenvalue weighted by molar-refractivity contribution is 9.10. The highest BCUT2D eigenvalue weighted by Gasteiger charge is 2.08. The number of pyridine rings is 1. The number of aromatic nitrogens is 1. The van der Waals surface area contributed by atoms with Crippen LogP contribution in [0.4, 0.5) is 5.82 Å². The van der Waals surface area contributed by atoms with E-state index in [-0.39, 0.29) is 0 Å². The fourth-order valence-electron chi connectivity index (χ4n) is 2.18. The van der Waals surface area contributed by atoms with Gasteiger partial charge in [0.05, 0.1) is 0 Å². The molecule has 0 saturated carbocycles. The molecule has 0 aliphatic carbocycles. The van der Waals surface area contributed by atoms with Gasteiger partial charge in [0.1, 0.15) is 5.82 Å². The van der Waals surface area contributed by atoms with E-state index in [0.717, 1.165) is 22.2 Å². The zero-order valence-corrected chi connectivity index (χ0v) is 14.2. The number of halogens is 2. The summed E-state index contributed by atoms with van der Waals surface area (Å²) in [6.45, 7) is 1.05. The van der Waals surface area contributed by atoms with Gasteiger partial charge in [0.25, 0.3) is 0 Å². The number of nitrogens with zero attached hydrogens (tertiary/aromatic N) is 2. The van der Waals surface area contributed by atoms with Crippen LogP contribution in [0.25, 0.3) is 10.8 Å². The molecule has 2 rings (SSSR count). The second-order valence-electron chi connectivity index (χ2n) is 4.64. The fraction of sp³-hybridized carbons (Fsp3) is 0.400. The van der Waals surface area contributed by atoms with Crippen molar-refractivity contribution in [1.82, 2.24) is 4.98 Å². The fourth-order valence-corrected chi connectivity index (χ4v) is 3.08. The molecule has 0 fully saturated rings. The monoisotopic (exact) mass is 384 g/mol. The summed E-state index contributed by atoms with van der Waals surface area (Å²) in [6.07, 6.45) is 5.58. The largest absolute Gasteiger partial charge is 0.359 e. The van der Waals surface area contributed by atoms with Crippen LogP contribution in [0, 0.1) is 0 Å². The topological polar surface area (TPSA) is 16.1 Å². The second kappa shape index (κ2) is 7.25. The van der Waals surface area contributed by atoms with Gasteiger partial charge >= 0.3 is 0 Å². The van der Waals surface area contributed by atoms with Gasteiger partial charge in [0.2, 0.25) is 0 Å². The molecule has 0 unspecified atom stereocenters. The lowest BCUT2D eigenvalue weighted by Gasteiger charge is -2.20. The Morgan fingerprint density at radius 3 is 2.74 bits per heavy atom. The van der Waals surface area contributed by atoms with Crippen LogP contribution in [-0.2, 0) is 0 Å². The average Bonchev–Trinajstić information content (AvgIpc) is 2.43. The number of alkyl halides is 1. The number of benzene rings is 1. The third-order valence-electron chi connectivity index (χ3n) is 3.22. The van der Waals surface area contributed by atoms with E-state index in [4.69, 9.17) is 0 Å². The van der Waals surface area contributed by atoms with Crippen LogP contribution in [0.1, 0.15) is 19.3 Å². The van der Waals surface area contributed by atoms with E-state index < -0.39 is 0 Å². The Hall–Kier alpha value is -0.610. The smallest absolute Gasteiger partial charge is 0.136 e. The summed E-state index contributed by atoms with van der Waals surface area (Å²) in [4.78, 5) is 6.80. The van der Waals surface area contributed by atoms with Crippen molar-refractivity contribution in [2.24, 2.45) is 0 Å². The van der Waals surface area contributed by atoms with Crippen LogP contribution in [-0.4, -0.2) is 23.9 Å². The number of hydrogen-bond acceptors (Lipinski definition) is 2. The Morgan fingerprint density at radius 2 is 1.95 bits per heavy atom. The predicted octanol–water partition coefficient (Wildman–Crippen LogP) is 5.00. The minimum atomic E-state index is 1.05. The van der Waals surface area contributed by atoms with Gasteiger partial charge in [-0.2, -0.15) is 0 Å². The zero-order valence-electron chi connectivity index (χ0n) is 11.1. The summed E-state index contributed by atoms with van der Waals surface area (Å²) in [5.74, 6) is 1.07. The van der Waals surface area contributed by atoms with Crippen LogP contribution >= 0.6 is 31.9 Å². The summed E-state index contributed by atoms with van der Waals surface area (Å²) >= 11 is 7.07. The lowest BCUT2D eigenvalue weighted by atomic mass is 10.1. The summed E-state index contributed by atoms with van der Waals surface area (Å²) < 4.78 is 1.13. The highest BCUT2D eigenvalue weighted by atomic mass is 79.9. The van der Waals surface area contributed by atoms with E-state index in [0.29, 0.717) is 0 Å². The van der Waals surface area contributed by atoms with Gasteiger partial charge in [-0.1, -0.05) is 50.4 Å². The molecule has 0 aliphatic heterocycles. The Bertz CT molecular complexity index is 543. The maximum absolute atomic E-state index is 4.54. The molecule has 0 bridgehead atoms. The van der Waals surface area contributed by atoms with Crippen molar-refractivity contribution < 1.29 is 0 Å². The first kappa shape index (κ1) is 14.8. The molecule has 19 heavy (non-hydrogen) atoms. The minimum absolute atomic E-state index is 1.05. The molecule has 0 amide bonds. The first-order valence-electron chi connectivity index (χ1n) is 6.54. The lowest BCUT2D eigenvalue weighted by molar-refractivity contribution is 0.708. The third-order valence-corrected chi connectivity index (χ3v) is 4.47. The van der Waals surface area contributed by atoms with Crippen molar-refractivity contribution in [3.8, 4) is 0 Å². The van der Waals surface area contributed by atoms with Crippen molar-refractivity contribution in [2.45, 2.75) is 19.3 Å². The molecule has 4 heteroatoms. The molecule has 1 heterocycles. The molecular formula is C15H18Br2N2. The molecule has 0 spiro atoms. The van der Waals surface area contributed by atoms with Crippen LogP contribution in [0.2, 0.25) is 0 Å². The second-order valence-corrected chi connectivity index (χ2v) is 6.29. The number of unbranched alkanes of at least 4 members (excludes halogenated alkanes) is 2. The predicted molar refractivity (Wildman–Crippen MR) is 90.4 cm³/mol. The van der Waals surface area contributed by atoms with E-state index in [9.17, 15) is 0 Å². The normalized spacial score (nSPS) is 10.9. The summed E-state index contributed by atoms with van der Waals surface area (Å²) in [7, 11) is 2.12. The maximum Gasteiger partial charge on any atom is 0.136 e. The zero-order chi connectivity index (χ0) is 13.7. The van der Waals surface area contributed by atoms with Gasteiger partial charge in [0.15, 0.2) is 0 Å². The first-order chi connectivity index (χ1) is 9.24. The van der Waals surface area contributed by atoms with Crippen molar-refractivity contribution in [2.75, 3.05) is 23.8 Å². The van der Waals surface area contributed by atoms with Gasteiger partial charge in [-0.25, -0.2) is 4.98 Å². The van der Waals surface area contributed by atoms with Crippen LogP contribution < -0.4 is 4.90 Å². The number of fused-ring (bicyclic) bond motifs is 1. The standard InChI is InChI=1S/C15H18Br2N2/c1-19(11-4-2-3-9-16)15-13-6-5-7-14(17)12(13)8-10-18-15/h5-8,10H,2-4,9,11H2,1H3. The molecule has 0 saturated heterocycles. The van der Waals surface area contributed by atoms with Crippen LogP contribution in [0.3, 0.4) is 0 Å². The summed E-state index contributed by atoms with van der Waals surface area (Å²) in [5, 5.41) is 3.52. The molecule has 2 aromatic rings. The van der Waals surface area contributed by atoms with Gasteiger partial charge in [0, 0.05) is 40.4 Å². The van der Waals surface area contributed by atoms with Gasteiger partial charge in [-0.05, 0) is 25.0 Å². The minimum Gasteiger partial charge on any atom is -0.359 e. The van der Waals surface area contributed by atoms with E-state index in [2.05, 4.69) is 73.1 Å². The molecule has 102 valence electrons. The molecule has 0 atom stereocenters. The van der Waals surface area contributed by atoms with E-state index >= 15 is 0 Å². The Labute approximate surface area is 131 Å². The molecule has 0 aliphatic rings. The van der Waals surface area contributed by atoms with Gasteiger partial charge in [-0.15, -0.1) is 0 Å². The van der Waals surface area contributed by atoms with E-state index in [1.807, 2.05) is 6.20 Å². The van der Waals surface area contributed by atoms with Crippen LogP contribution in [0.15, 0.2) is 34.9 Å². The SMILES string of the molecule is CN(CCCCCBr)c1nccc2c(Br)cccc12. The summed E-state index contributed by atoms with van der Waals surface area (Å²) in [6, 6.07) is 8.33. The Kier molecular flexibility index (Phi) is 5.64. The summed E-state index contributed by atoms with van der Waals surface area (Å²) in [5.41, 5.74) is 0. The molecule has 2 nitrogen and oxygen atoms in total. The number of rotatable bonds is 6. The molecule has 1 aromatic heterocycles.